The molecular weight excluding hydrogens is 291 g/mol. The molecule has 1 aliphatic carbocycles. The van der Waals surface area contributed by atoms with Crippen molar-refractivity contribution in [3.63, 3.8) is 0 Å². The van der Waals surface area contributed by atoms with Crippen LogP contribution in [0, 0.1) is 6.08 Å². The van der Waals surface area contributed by atoms with Crippen molar-refractivity contribution in [1.82, 2.24) is 0 Å². The van der Waals surface area contributed by atoms with Gasteiger partial charge >= 0.3 is 32.4 Å². The molecule has 0 atom stereocenters. The molecule has 0 aliphatic heterocycles. The maximum absolute atomic E-state index is 11.6. The van der Waals surface area contributed by atoms with Crippen molar-refractivity contribution in [2.45, 2.75) is 12.6 Å². The van der Waals surface area contributed by atoms with E-state index in [4.69, 9.17) is 0 Å². The Morgan fingerprint density at radius 3 is 1.92 bits per heavy atom. The summed E-state index contributed by atoms with van der Waals surface area (Å²) in [7, 11) is 0. The Balaban J connectivity index is -0.000000270. The zero-order valence-electron chi connectivity index (χ0n) is 5.75. The summed E-state index contributed by atoms with van der Waals surface area (Å²) in [5.41, 5.74) is -0.650. The topological polar surface area (TPSA) is 0 Å². The standard InChI is InChI=1S/C6H4F3.2ClH.Zr/c7-6(8,9)5-3-1-2-4-5;;;/h1,3H,2H2;2*1H;/q-1;;;+3/p-2. The third-order valence-corrected chi connectivity index (χ3v) is 1.00. The third-order valence-electron chi connectivity index (χ3n) is 1.00. The first-order chi connectivity index (χ1) is 4.11. The van der Waals surface area contributed by atoms with Crippen LogP contribution in [0.15, 0.2) is 17.7 Å². The van der Waals surface area contributed by atoms with Crippen molar-refractivity contribution in [3.05, 3.63) is 23.8 Å². The number of hydrogen-bond donors (Lipinski definition) is 0. The minimum Gasteiger partial charge on any atom is -1.00 e. The molecule has 1 aliphatic rings. The summed E-state index contributed by atoms with van der Waals surface area (Å²) in [6.07, 6.45) is 0.737. The summed E-state index contributed by atoms with van der Waals surface area (Å²) in [4.78, 5) is 0. The summed E-state index contributed by atoms with van der Waals surface area (Å²) in [6.45, 7) is 0. The molecule has 0 N–H and O–H groups in total. The molecule has 0 fully saturated rings. The largest absolute Gasteiger partial charge is 3.00 e. The van der Waals surface area contributed by atoms with Crippen LogP contribution in [-0.4, -0.2) is 6.18 Å². The Kier molecular flexibility index (Phi) is 11.1. The van der Waals surface area contributed by atoms with E-state index in [0.29, 0.717) is 0 Å². The first-order valence-corrected chi connectivity index (χ1v) is 2.45. The molecule has 0 saturated heterocycles. The van der Waals surface area contributed by atoms with Gasteiger partial charge in [-0.05, 0) is 0 Å². The molecule has 0 bridgehead atoms. The zero-order valence-corrected chi connectivity index (χ0v) is 9.72. The predicted molar refractivity (Wildman–Crippen MR) is 26.6 cm³/mol. The Morgan fingerprint density at radius 1 is 1.25 bits per heavy atom. The van der Waals surface area contributed by atoms with Gasteiger partial charge in [-0.1, -0.05) is 0 Å². The van der Waals surface area contributed by atoms with E-state index in [1.807, 2.05) is 0 Å². The second-order valence-electron chi connectivity index (χ2n) is 1.69. The smallest absolute Gasteiger partial charge is 1.00 e. The average Bonchev–Trinajstić information content (AvgIpc) is 2.08. The monoisotopic (exact) mass is 293 g/mol. The molecule has 1 radical (unpaired) electrons. The zero-order chi connectivity index (χ0) is 6.91. The molecule has 1 rings (SSSR count). The fourth-order valence-electron chi connectivity index (χ4n) is 0.599. The van der Waals surface area contributed by atoms with Gasteiger partial charge in [0.1, 0.15) is 0 Å². The Bertz CT molecular complexity index is 174. The fraction of sp³-hybridized carbons (Fsp3) is 0.333. The molecule has 0 nitrogen and oxygen atoms in total. The maximum Gasteiger partial charge on any atom is 3.00 e. The Labute approximate surface area is 100 Å². The minimum atomic E-state index is -4.20. The normalized spacial score (nSPS) is 13.8. The number of hydrogen-bond acceptors (Lipinski definition) is 0. The molecule has 0 heterocycles. The van der Waals surface area contributed by atoms with Crippen LogP contribution >= 0.6 is 0 Å². The molecule has 6 heteroatoms. The number of halogens is 5. The maximum atomic E-state index is 11.6. The third kappa shape index (κ3) is 5.39. The van der Waals surface area contributed by atoms with Crippen LogP contribution in [0.3, 0.4) is 0 Å². The van der Waals surface area contributed by atoms with Crippen LogP contribution in [0.5, 0.6) is 0 Å². The molecule has 67 valence electrons. The molecule has 0 amide bonds. The van der Waals surface area contributed by atoms with Crippen molar-refractivity contribution >= 4 is 0 Å². The second-order valence-corrected chi connectivity index (χ2v) is 1.69. The molecule has 0 unspecified atom stereocenters. The van der Waals surface area contributed by atoms with Gasteiger partial charge in [0.15, 0.2) is 0 Å². The quantitative estimate of drug-likeness (QED) is 0.403. The molecule has 0 aromatic rings. The number of rotatable bonds is 0. The van der Waals surface area contributed by atoms with Gasteiger partial charge in [-0.3, -0.25) is 6.08 Å². The van der Waals surface area contributed by atoms with Crippen molar-refractivity contribution < 1.29 is 64.2 Å². The molecule has 12 heavy (non-hydrogen) atoms. The van der Waals surface area contributed by atoms with Crippen molar-refractivity contribution in [2.75, 3.05) is 0 Å². The van der Waals surface area contributed by atoms with Gasteiger partial charge in [-0.25, -0.2) is 6.08 Å². The summed E-state index contributed by atoms with van der Waals surface area (Å²) >= 11 is 0. The van der Waals surface area contributed by atoms with E-state index in [1.54, 1.807) is 0 Å². The summed E-state index contributed by atoms with van der Waals surface area (Å²) in [5.74, 6) is 0. The van der Waals surface area contributed by atoms with Gasteiger partial charge in [0, 0.05) is 0 Å². The van der Waals surface area contributed by atoms with Crippen molar-refractivity contribution in [1.29, 1.82) is 0 Å². The van der Waals surface area contributed by atoms with Gasteiger partial charge in [0.05, 0.1) is 0 Å². The van der Waals surface area contributed by atoms with Gasteiger partial charge < -0.3 is 24.8 Å². The van der Waals surface area contributed by atoms with E-state index in [0.717, 1.165) is 6.08 Å². The van der Waals surface area contributed by atoms with Crippen LogP contribution in [0.25, 0.3) is 0 Å². The van der Waals surface area contributed by atoms with Crippen LogP contribution in [0.1, 0.15) is 6.42 Å². The summed E-state index contributed by atoms with van der Waals surface area (Å²) in [5, 5.41) is 0. The summed E-state index contributed by atoms with van der Waals surface area (Å²) in [6, 6.07) is 0. The Morgan fingerprint density at radius 2 is 1.75 bits per heavy atom. The van der Waals surface area contributed by atoms with Crippen molar-refractivity contribution in [3.8, 4) is 0 Å². The molecule has 0 aromatic carbocycles. The predicted octanol–water partition coefficient (Wildman–Crippen LogP) is -3.76. The molecular formula is C6H4Cl2F3Zr. The van der Waals surface area contributed by atoms with E-state index >= 15 is 0 Å². The first-order valence-electron chi connectivity index (χ1n) is 2.45. The van der Waals surface area contributed by atoms with Gasteiger partial charge in [-0.15, -0.1) is 12.0 Å². The van der Waals surface area contributed by atoms with Gasteiger partial charge in [0.25, 0.3) is 0 Å². The van der Waals surface area contributed by atoms with Crippen LogP contribution < -0.4 is 24.8 Å². The second kappa shape index (κ2) is 7.17. The van der Waals surface area contributed by atoms with Gasteiger partial charge in [0.2, 0.25) is 0 Å². The van der Waals surface area contributed by atoms with E-state index in [2.05, 4.69) is 6.08 Å². The van der Waals surface area contributed by atoms with E-state index in [-0.39, 0.29) is 57.4 Å². The van der Waals surface area contributed by atoms with Crippen LogP contribution in [-0.2, 0) is 26.2 Å². The van der Waals surface area contributed by atoms with Crippen LogP contribution in [0.4, 0.5) is 13.2 Å². The number of allylic oxidation sites excluding steroid dienone is 4. The molecule has 0 saturated carbocycles. The average molecular weight is 295 g/mol. The van der Waals surface area contributed by atoms with Crippen LogP contribution in [0.2, 0.25) is 0 Å². The number of alkyl halides is 3. The SMILES string of the molecule is FC(F)(F)C1=[C-]CC=C1.[Cl-].[Cl-].[Zr+3]. The molecule has 0 aromatic heterocycles. The first kappa shape index (κ1) is 18.5. The van der Waals surface area contributed by atoms with Crippen molar-refractivity contribution in [2.24, 2.45) is 0 Å². The fourth-order valence-corrected chi connectivity index (χ4v) is 0.599. The van der Waals surface area contributed by atoms with E-state index in [9.17, 15) is 13.2 Å². The van der Waals surface area contributed by atoms with E-state index in [1.165, 1.54) is 6.08 Å². The summed E-state index contributed by atoms with van der Waals surface area (Å²) < 4.78 is 34.8. The Hall–Kier alpha value is 0.733. The molecule has 0 spiro atoms. The van der Waals surface area contributed by atoms with E-state index < -0.39 is 11.7 Å². The van der Waals surface area contributed by atoms with Gasteiger partial charge in [-0.2, -0.15) is 19.2 Å². The minimum absolute atomic E-state index is 0.